The van der Waals surface area contributed by atoms with Crippen molar-refractivity contribution in [3.8, 4) is 0 Å². The van der Waals surface area contributed by atoms with Crippen molar-refractivity contribution in [2.75, 3.05) is 27.2 Å². The second-order valence-electron chi connectivity index (χ2n) is 4.88. The maximum absolute atomic E-state index is 12.1. The van der Waals surface area contributed by atoms with Crippen LogP contribution in [0.4, 0.5) is 0 Å². The van der Waals surface area contributed by atoms with Crippen molar-refractivity contribution < 1.29 is 8.42 Å². The van der Waals surface area contributed by atoms with Gasteiger partial charge in [-0.05, 0) is 32.2 Å². The molecule has 1 saturated heterocycles. The predicted octanol–water partition coefficient (Wildman–Crippen LogP) is 0.00920. The summed E-state index contributed by atoms with van der Waals surface area (Å²) in [5.74, 6) is 0. The topological polar surface area (TPSA) is 52.7 Å². The first kappa shape index (κ1) is 12.3. The van der Waals surface area contributed by atoms with Gasteiger partial charge in [0, 0.05) is 32.7 Å². The van der Waals surface area contributed by atoms with E-state index in [4.69, 9.17) is 0 Å². The SMILES string of the molecule is CN(C)S(=O)(=O)N(CC1CCCN1)C1CC1. The third-order valence-electron chi connectivity index (χ3n) is 3.27. The maximum Gasteiger partial charge on any atom is 0.281 e. The van der Waals surface area contributed by atoms with Crippen LogP contribution in [0.15, 0.2) is 0 Å². The van der Waals surface area contributed by atoms with Gasteiger partial charge in [0.25, 0.3) is 10.2 Å². The van der Waals surface area contributed by atoms with Gasteiger partial charge in [0.15, 0.2) is 0 Å². The number of rotatable bonds is 5. The van der Waals surface area contributed by atoms with Gasteiger partial charge < -0.3 is 5.32 Å². The Morgan fingerprint density at radius 3 is 2.38 bits per heavy atom. The summed E-state index contributed by atoms with van der Waals surface area (Å²) in [6.07, 6.45) is 4.27. The molecule has 1 atom stereocenters. The Bertz CT molecular complexity index is 332. The fraction of sp³-hybridized carbons (Fsp3) is 1.00. The van der Waals surface area contributed by atoms with Crippen molar-refractivity contribution >= 4 is 10.2 Å². The number of hydrogen-bond donors (Lipinski definition) is 1. The molecule has 2 rings (SSSR count). The third-order valence-corrected chi connectivity index (χ3v) is 5.24. The summed E-state index contributed by atoms with van der Waals surface area (Å²) in [6.45, 7) is 1.65. The standard InChI is InChI=1S/C10H21N3O2S/c1-12(2)16(14,15)13(10-5-6-10)8-9-4-3-7-11-9/h9-11H,3-8H2,1-2H3. The summed E-state index contributed by atoms with van der Waals surface area (Å²) in [6, 6.07) is 0.588. The number of nitrogens with one attached hydrogen (secondary N) is 1. The third kappa shape index (κ3) is 2.56. The van der Waals surface area contributed by atoms with Crippen molar-refractivity contribution in [2.45, 2.75) is 37.8 Å². The summed E-state index contributed by atoms with van der Waals surface area (Å²) in [4.78, 5) is 0. The normalized spacial score (nSPS) is 26.9. The summed E-state index contributed by atoms with van der Waals surface area (Å²) >= 11 is 0. The largest absolute Gasteiger partial charge is 0.313 e. The first-order chi connectivity index (χ1) is 7.51. The molecular weight excluding hydrogens is 226 g/mol. The van der Waals surface area contributed by atoms with Gasteiger partial charge >= 0.3 is 0 Å². The van der Waals surface area contributed by atoms with Crippen molar-refractivity contribution in [3.05, 3.63) is 0 Å². The zero-order chi connectivity index (χ0) is 11.8. The van der Waals surface area contributed by atoms with E-state index in [9.17, 15) is 8.42 Å². The molecule has 1 N–H and O–H groups in total. The molecule has 0 aromatic rings. The van der Waals surface area contributed by atoms with Gasteiger partial charge in [-0.25, -0.2) is 0 Å². The molecule has 0 amide bonds. The lowest BCUT2D eigenvalue weighted by atomic mass is 10.2. The first-order valence-electron chi connectivity index (χ1n) is 5.94. The van der Waals surface area contributed by atoms with Crippen LogP contribution in [0.3, 0.4) is 0 Å². The van der Waals surface area contributed by atoms with E-state index < -0.39 is 10.2 Å². The number of nitrogens with zero attached hydrogens (tertiary/aromatic N) is 2. The molecule has 94 valence electrons. The monoisotopic (exact) mass is 247 g/mol. The van der Waals surface area contributed by atoms with Crippen LogP contribution in [0.5, 0.6) is 0 Å². The van der Waals surface area contributed by atoms with Gasteiger partial charge in [0.1, 0.15) is 0 Å². The van der Waals surface area contributed by atoms with Crippen LogP contribution in [-0.2, 0) is 10.2 Å². The molecule has 6 heteroatoms. The molecule has 1 aliphatic carbocycles. The minimum atomic E-state index is -3.24. The molecule has 1 saturated carbocycles. The van der Waals surface area contributed by atoms with E-state index >= 15 is 0 Å². The Balaban J connectivity index is 2.04. The lowest BCUT2D eigenvalue weighted by Gasteiger charge is -2.27. The highest BCUT2D eigenvalue weighted by Gasteiger charge is 2.39. The molecule has 0 aromatic carbocycles. The van der Waals surface area contributed by atoms with E-state index in [1.165, 1.54) is 4.31 Å². The lowest BCUT2D eigenvalue weighted by Crippen LogP contribution is -2.47. The van der Waals surface area contributed by atoms with Gasteiger partial charge in [0.2, 0.25) is 0 Å². The molecule has 1 aliphatic heterocycles. The van der Waals surface area contributed by atoms with E-state index in [1.807, 2.05) is 0 Å². The molecule has 1 unspecified atom stereocenters. The maximum atomic E-state index is 12.1. The highest BCUT2D eigenvalue weighted by atomic mass is 32.2. The molecule has 5 nitrogen and oxygen atoms in total. The molecule has 0 spiro atoms. The van der Waals surface area contributed by atoms with E-state index in [0.29, 0.717) is 12.6 Å². The Morgan fingerprint density at radius 1 is 1.25 bits per heavy atom. The molecule has 0 radical (unpaired) electrons. The molecule has 2 fully saturated rings. The van der Waals surface area contributed by atoms with Crippen molar-refractivity contribution in [3.63, 3.8) is 0 Å². The van der Waals surface area contributed by atoms with Gasteiger partial charge in [-0.3, -0.25) is 0 Å². The Morgan fingerprint density at radius 2 is 1.94 bits per heavy atom. The highest BCUT2D eigenvalue weighted by Crippen LogP contribution is 2.30. The number of hydrogen-bond acceptors (Lipinski definition) is 3. The van der Waals surface area contributed by atoms with E-state index in [1.54, 1.807) is 18.4 Å². The van der Waals surface area contributed by atoms with Gasteiger partial charge in [0.05, 0.1) is 0 Å². The lowest BCUT2D eigenvalue weighted by molar-refractivity contribution is 0.338. The average molecular weight is 247 g/mol. The summed E-state index contributed by atoms with van der Waals surface area (Å²) in [7, 11) is -0.0286. The minimum Gasteiger partial charge on any atom is -0.313 e. The van der Waals surface area contributed by atoms with Crippen LogP contribution in [0, 0.1) is 0 Å². The molecule has 2 aliphatic rings. The van der Waals surface area contributed by atoms with Crippen molar-refractivity contribution in [1.29, 1.82) is 0 Å². The fourth-order valence-electron chi connectivity index (χ4n) is 2.13. The van der Waals surface area contributed by atoms with Crippen molar-refractivity contribution in [2.24, 2.45) is 0 Å². The zero-order valence-electron chi connectivity index (χ0n) is 10.0. The summed E-state index contributed by atoms with van der Waals surface area (Å²) in [5.41, 5.74) is 0. The summed E-state index contributed by atoms with van der Waals surface area (Å²) in [5, 5.41) is 3.36. The van der Waals surface area contributed by atoms with Gasteiger partial charge in [-0.2, -0.15) is 17.0 Å². The fourth-order valence-corrected chi connectivity index (χ4v) is 3.51. The van der Waals surface area contributed by atoms with E-state index in [-0.39, 0.29) is 6.04 Å². The molecular formula is C10H21N3O2S. The van der Waals surface area contributed by atoms with Crippen LogP contribution < -0.4 is 5.32 Å². The molecule has 0 aromatic heterocycles. The molecule has 1 heterocycles. The van der Waals surface area contributed by atoms with Gasteiger partial charge in [-0.1, -0.05) is 0 Å². The summed E-state index contributed by atoms with van der Waals surface area (Å²) < 4.78 is 27.2. The smallest absolute Gasteiger partial charge is 0.281 e. The predicted molar refractivity (Wildman–Crippen MR) is 63.4 cm³/mol. The Kier molecular flexibility index (Phi) is 3.53. The molecule has 0 bridgehead atoms. The Hall–Kier alpha value is -0.170. The van der Waals surface area contributed by atoms with Crippen LogP contribution in [0.1, 0.15) is 25.7 Å². The highest BCUT2D eigenvalue weighted by molar-refractivity contribution is 7.86. The zero-order valence-corrected chi connectivity index (χ0v) is 10.8. The van der Waals surface area contributed by atoms with E-state index in [2.05, 4.69) is 5.32 Å². The van der Waals surface area contributed by atoms with Gasteiger partial charge in [-0.15, -0.1) is 0 Å². The van der Waals surface area contributed by atoms with Crippen LogP contribution >= 0.6 is 0 Å². The first-order valence-corrected chi connectivity index (χ1v) is 7.34. The van der Waals surface area contributed by atoms with Crippen LogP contribution in [0.25, 0.3) is 0 Å². The average Bonchev–Trinajstić information content (AvgIpc) is 2.91. The second-order valence-corrected chi connectivity index (χ2v) is 6.98. The van der Waals surface area contributed by atoms with Crippen LogP contribution in [0.2, 0.25) is 0 Å². The van der Waals surface area contributed by atoms with Crippen LogP contribution in [-0.4, -0.2) is 56.3 Å². The molecule has 16 heavy (non-hydrogen) atoms. The quantitative estimate of drug-likeness (QED) is 0.744. The van der Waals surface area contributed by atoms with Crippen molar-refractivity contribution in [1.82, 2.24) is 13.9 Å². The Labute approximate surface area is 98.0 Å². The minimum absolute atomic E-state index is 0.245. The second kappa shape index (κ2) is 4.60. The van der Waals surface area contributed by atoms with E-state index in [0.717, 1.165) is 32.2 Å².